The van der Waals surface area contributed by atoms with Gasteiger partial charge in [-0.3, -0.25) is 4.79 Å². The molecular weight excluding hydrogens is 327 g/mol. The molecule has 1 rings (SSSR count). The lowest BCUT2D eigenvalue weighted by molar-refractivity contribution is -0.138. The highest BCUT2D eigenvalue weighted by Crippen LogP contribution is 2.35. The maximum atomic E-state index is 13.0. The maximum absolute atomic E-state index is 13.0. The summed E-state index contributed by atoms with van der Waals surface area (Å²) in [5.41, 5.74) is -1.40. The number of nitrogens with zero attached hydrogens (tertiary/aromatic N) is 2. The number of rotatable bonds is 7. The van der Waals surface area contributed by atoms with E-state index in [0.717, 1.165) is 37.1 Å². The molecular formula is C15H18F3N3OS. The number of amides is 1. The Bertz CT molecular complexity index is 597. The molecule has 0 aliphatic heterocycles. The summed E-state index contributed by atoms with van der Waals surface area (Å²) >= 11 is 0.842. The average molecular weight is 345 g/mol. The molecule has 4 nitrogen and oxygen atoms in total. The summed E-state index contributed by atoms with van der Waals surface area (Å²) in [4.78, 5) is 15.6. The molecule has 0 atom stereocenters. The molecule has 23 heavy (non-hydrogen) atoms. The van der Waals surface area contributed by atoms with E-state index >= 15 is 0 Å². The van der Waals surface area contributed by atoms with Crippen molar-refractivity contribution in [3.63, 3.8) is 0 Å². The van der Waals surface area contributed by atoms with E-state index in [1.54, 1.807) is 6.07 Å². The predicted octanol–water partition coefficient (Wildman–Crippen LogP) is 3.68. The Morgan fingerprint density at radius 2 is 2.13 bits per heavy atom. The van der Waals surface area contributed by atoms with Crippen molar-refractivity contribution in [3.05, 3.63) is 22.9 Å². The van der Waals surface area contributed by atoms with Crippen LogP contribution in [-0.2, 0) is 11.0 Å². The Labute approximate surface area is 137 Å². The molecule has 8 heteroatoms. The van der Waals surface area contributed by atoms with E-state index in [4.69, 9.17) is 5.26 Å². The van der Waals surface area contributed by atoms with Crippen LogP contribution in [0.3, 0.4) is 0 Å². The standard InChI is InChI=1S/C15H18F3N3OS/c1-3-4-5-6-20-13(22)9-23-14-11(8-19)12(15(16,17)18)7-10(2)21-14/h7H,3-6,9H2,1-2H3,(H,20,22). The van der Waals surface area contributed by atoms with Gasteiger partial charge in [0.05, 0.1) is 16.9 Å². The van der Waals surface area contributed by atoms with E-state index in [0.29, 0.717) is 6.54 Å². The zero-order chi connectivity index (χ0) is 17.5. The first-order valence-corrected chi connectivity index (χ1v) is 8.16. The number of aryl methyl sites for hydroxylation is 1. The molecule has 0 bridgehead atoms. The minimum absolute atomic E-state index is 0.0662. The van der Waals surface area contributed by atoms with Crippen LogP contribution in [0.25, 0.3) is 0 Å². The normalized spacial score (nSPS) is 11.1. The van der Waals surface area contributed by atoms with Gasteiger partial charge in [0.2, 0.25) is 5.91 Å². The second-order valence-electron chi connectivity index (χ2n) is 4.95. The fourth-order valence-corrected chi connectivity index (χ4v) is 2.75. The van der Waals surface area contributed by atoms with E-state index in [2.05, 4.69) is 10.3 Å². The minimum atomic E-state index is -4.63. The van der Waals surface area contributed by atoms with Gasteiger partial charge in [0, 0.05) is 12.2 Å². The van der Waals surface area contributed by atoms with Crippen LogP contribution in [0.5, 0.6) is 0 Å². The summed E-state index contributed by atoms with van der Waals surface area (Å²) in [7, 11) is 0. The Kier molecular flexibility index (Phi) is 7.36. The molecule has 0 saturated carbocycles. The number of alkyl halides is 3. The fourth-order valence-electron chi connectivity index (χ4n) is 1.87. The first-order valence-electron chi connectivity index (χ1n) is 7.18. The zero-order valence-electron chi connectivity index (χ0n) is 13.0. The predicted molar refractivity (Wildman–Crippen MR) is 81.9 cm³/mol. The number of nitriles is 1. The number of pyridine rings is 1. The van der Waals surface area contributed by atoms with E-state index in [9.17, 15) is 18.0 Å². The summed E-state index contributed by atoms with van der Waals surface area (Å²) in [5, 5.41) is 11.6. The summed E-state index contributed by atoms with van der Waals surface area (Å²) in [5.74, 6) is -0.360. The van der Waals surface area contributed by atoms with Gasteiger partial charge in [0.1, 0.15) is 11.1 Å². The number of unbranched alkanes of at least 4 members (excludes halogenated alkanes) is 2. The molecule has 0 aromatic carbocycles. The number of hydrogen-bond acceptors (Lipinski definition) is 4. The van der Waals surface area contributed by atoms with Gasteiger partial charge >= 0.3 is 6.18 Å². The maximum Gasteiger partial charge on any atom is 0.417 e. The van der Waals surface area contributed by atoms with Crippen LogP contribution >= 0.6 is 11.8 Å². The number of thioether (sulfide) groups is 1. The van der Waals surface area contributed by atoms with Crippen molar-refractivity contribution in [2.75, 3.05) is 12.3 Å². The molecule has 0 saturated heterocycles. The largest absolute Gasteiger partial charge is 0.417 e. The van der Waals surface area contributed by atoms with Gasteiger partial charge in [-0.05, 0) is 19.4 Å². The van der Waals surface area contributed by atoms with Crippen LogP contribution in [-0.4, -0.2) is 23.2 Å². The minimum Gasteiger partial charge on any atom is -0.355 e. The number of nitrogens with one attached hydrogen (secondary N) is 1. The van der Waals surface area contributed by atoms with Gasteiger partial charge in [0.25, 0.3) is 0 Å². The van der Waals surface area contributed by atoms with Crippen LogP contribution < -0.4 is 5.32 Å². The number of hydrogen-bond donors (Lipinski definition) is 1. The van der Waals surface area contributed by atoms with Gasteiger partial charge < -0.3 is 5.32 Å². The van der Waals surface area contributed by atoms with Crippen molar-refractivity contribution in [1.29, 1.82) is 5.26 Å². The lowest BCUT2D eigenvalue weighted by Gasteiger charge is -2.12. The molecule has 0 fully saturated rings. The highest BCUT2D eigenvalue weighted by Gasteiger charge is 2.35. The SMILES string of the molecule is CCCCCNC(=O)CSc1nc(C)cc(C(F)(F)F)c1C#N. The van der Waals surface area contributed by atoms with Gasteiger partial charge in [-0.15, -0.1) is 0 Å². The van der Waals surface area contributed by atoms with Crippen molar-refractivity contribution < 1.29 is 18.0 Å². The molecule has 1 aromatic heterocycles. The quantitative estimate of drug-likeness (QED) is 0.605. The van der Waals surface area contributed by atoms with Crippen LogP contribution in [0.4, 0.5) is 13.2 Å². The molecule has 126 valence electrons. The summed E-state index contributed by atoms with van der Waals surface area (Å²) in [6.07, 6.45) is -1.74. The Morgan fingerprint density at radius 3 is 2.70 bits per heavy atom. The molecule has 0 radical (unpaired) electrons. The number of halogens is 3. The van der Waals surface area contributed by atoms with Gasteiger partial charge in [0.15, 0.2) is 0 Å². The number of carbonyl (C=O) groups excluding carboxylic acids is 1. The van der Waals surface area contributed by atoms with Crippen molar-refractivity contribution in [1.82, 2.24) is 10.3 Å². The molecule has 1 heterocycles. The van der Waals surface area contributed by atoms with Crippen molar-refractivity contribution in [2.45, 2.75) is 44.3 Å². The van der Waals surface area contributed by atoms with Gasteiger partial charge in [-0.1, -0.05) is 31.5 Å². The third kappa shape index (κ3) is 6.10. The monoisotopic (exact) mass is 345 g/mol. The van der Waals surface area contributed by atoms with Crippen molar-refractivity contribution in [3.8, 4) is 6.07 Å². The molecule has 1 amide bonds. The van der Waals surface area contributed by atoms with Crippen molar-refractivity contribution >= 4 is 17.7 Å². The van der Waals surface area contributed by atoms with E-state index in [-0.39, 0.29) is 22.4 Å². The Hall–Kier alpha value is -1.75. The first-order chi connectivity index (χ1) is 10.8. The number of carbonyl (C=O) groups is 1. The van der Waals surface area contributed by atoms with Crippen LogP contribution in [0, 0.1) is 18.3 Å². The van der Waals surface area contributed by atoms with Crippen LogP contribution in [0.2, 0.25) is 0 Å². The van der Waals surface area contributed by atoms with E-state index in [1.807, 2.05) is 6.92 Å². The van der Waals surface area contributed by atoms with Crippen molar-refractivity contribution in [2.24, 2.45) is 0 Å². The second kappa shape index (κ2) is 8.77. The Balaban J connectivity index is 2.79. The molecule has 0 aliphatic rings. The average Bonchev–Trinajstić information content (AvgIpc) is 2.48. The highest BCUT2D eigenvalue weighted by molar-refractivity contribution is 8.00. The smallest absolute Gasteiger partial charge is 0.355 e. The molecule has 0 aliphatic carbocycles. The van der Waals surface area contributed by atoms with Gasteiger partial charge in [-0.25, -0.2) is 4.98 Å². The van der Waals surface area contributed by atoms with Crippen LogP contribution in [0.1, 0.15) is 43.0 Å². The number of aromatic nitrogens is 1. The Morgan fingerprint density at radius 1 is 1.43 bits per heavy atom. The molecule has 1 N–H and O–H groups in total. The molecule has 0 unspecified atom stereocenters. The third-order valence-corrected chi connectivity index (χ3v) is 3.95. The molecule has 0 spiro atoms. The highest BCUT2D eigenvalue weighted by atomic mass is 32.2. The summed E-state index contributed by atoms with van der Waals surface area (Å²) in [6.45, 7) is 4.00. The van der Waals surface area contributed by atoms with E-state index < -0.39 is 17.3 Å². The summed E-state index contributed by atoms with van der Waals surface area (Å²) in [6, 6.07) is 2.39. The lowest BCUT2D eigenvalue weighted by atomic mass is 10.1. The first kappa shape index (κ1) is 19.3. The topological polar surface area (TPSA) is 65.8 Å². The second-order valence-corrected chi connectivity index (χ2v) is 5.91. The molecule has 1 aromatic rings. The zero-order valence-corrected chi connectivity index (χ0v) is 13.8. The summed E-state index contributed by atoms with van der Waals surface area (Å²) < 4.78 is 38.9. The van der Waals surface area contributed by atoms with Gasteiger partial charge in [-0.2, -0.15) is 18.4 Å². The lowest BCUT2D eigenvalue weighted by Crippen LogP contribution is -2.26. The van der Waals surface area contributed by atoms with E-state index in [1.165, 1.54) is 6.92 Å². The van der Waals surface area contributed by atoms with Crippen LogP contribution in [0.15, 0.2) is 11.1 Å². The fraction of sp³-hybridized carbons (Fsp3) is 0.533. The third-order valence-electron chi connectivity index (χ3n) is 2.97.